The van der Waals surface area contributed by atoms with Crippen molar-refractivity contribution in [2.75, 3.05) is 5.73 Å². The Morgan fingerprint density at radius 3 is 2.74 bits per heavy atom. The largest absolute Gasteiger partial charge is 0.384 e. The molecule has 1 atom stereocenters. The molecule has 2 N–H and O–H groups in total. The Bertz CT molecular complexity index is 545. The summed E-state index contributed by atoms with van der Waals surface area (Å²) in [5.41, 5.74) is 7.80. The quantitative estimate of drug-likeness (QED) is 0.531. The minimum Gasteiger partial charge on any atom is -0.384 e. The van der Waals surface area contributed by atoms with Crippen LogP contribution >= 0.6 is 35.8 Å². The average molecular weight is 317 g/mol. The summed E-state index contributed by atoms with van der Waals surface area (Å²) < 4.78 is 0. The van der Waals surface area contributed by atoms with Gasteiger partial charge in [0.1, 0.15) is 11.0 Å². The van der Waals surface area contributed by atoms with Crippen molar-refractivity contribution in [3.63, 3.8) is 0 Å². The Balaban J connectivity index is 0.00000180. The van der Waals surface area contributed by atoms with Gasteiger partial charge in [0.2, 0.25) is 0 Å². The average Bonchev–Trinajstić information content (AvgIpc) is 2.27. The zero-order valence-corrected chi connectivity index (χ0v) is 12.9. The number of rotatable bonds is 3. The topological polar surface area (TPSA) is 64.7 Å². The summed E-state index contributed by atoms with van der Waals surface area (Å²) in [6.45, 7) is 4.09. The molecule has 0 radical (unpaired) electrons. The fraction of sp³-hybridized carbons (Fsp3) is 0.250. The van der Waals surface area contributed by atoms with Crippen molar-refractivity contribution in [2.24, 2.45) is 0 Å². The molecule has 1 unspecified atom stereocenters. The predicted molar refractivity (Wildman–Crippen MR) is 81.9 cm³/mol. The van der Waals surface area contributed by atoms with Gasteiger partial charge in [-0.05, 0) is 25.5 Å². The normalized spacial score (nSPS) is 11.7. The monoisotopic (exact) mass is 316 g/mol. The number of hydrogen-bond acceptors (Lipinski definition) is 5. The van der Waals surface area contributed by atoms with Crippen LogP contribution in [0.5, 0.6) is 0 Å². The highest BCUT2D eigenvalue weighted by atomic mass is 35.5. The third kappa shape index (κ3) is 4.23. The van der Waals surface area contributed by atoms with Crippen LogP contribution in [0.2, 0.25) is 5.15 Å². The molecule has 2 aromatic rings. The number of thioether (sulfide) groups is 1. The number of pyridine rings is 1. The van der Waals surface area contributed by atoms with Gasteiger partial charge in [0.15, 0.2) is 5.16 Å². The van der Waals surface area contributed by atoms with Crippen LogP contribution in [0.25, 0.3) is 0 Å². The number of nitrogens with zero attached hydrogens (tertiary/aromatic N) is 3. The number of nitrogen functional groups attached to an aromatic ring is 1. The lowest BCUT2D eigenvalue weighted by molar-refractivity contribution is 0.937. The van der Waals surface area contributed by atoms with Gasteiger partial charge < -0.3 is 5.73 Å². The number of aromatic nitrogens is 3. The zero-order chi connectivity index (χ0) is 13.1. The third-order valence-corrected chi connectivity index (χ3v) is 3.58. The van der Waals surface area contributed by atoms with Crippen LogP contribution in [0.4, 0.5) is 5.82 Å². The minimum atomic E-state index is 0. The van der Waals surface area contributed by atoms with Crippen molar-refractivity contribution in [3.05, 3.63) is 40.8 Å². The fourth-order valence-corrected chi connectivity index (χ4v) is 2.83. The van der Waals surface area contributed by atoms with E-state index in [0.717, 1.165) is 11.3 Å². The van der Waals surface area contributed by atoms with Gasteiger partial charge in [-0.1, -0.05) is 29.4 Å². The minimum absolute atomic E-state index is 0. The maximum atomic E-state index is 5.85. The second-order valence-corrected chi connectivity index (χ2v) is 5.56. The van der Waals surface area contributed by atoms with Crippen molar-refractivity contribution in [1.29, 1.82) is 0 Å². The Morgan fingerprint density at radius 2 is 2.11 bits per heavy atom. The molecule has 0 bridgehead atoms. The van der Waals surface area contributed by atoms with Crippen molar-refractivity contribution in [1.82, 2.24) is 15.0 Å². The van der Waals surface area contributed by atoms with E-state index in [1.165, 1.54) is 17.8 Å². The van der Waals surface area contributed by atoms with Gasteiger partial charge in [-0.25, -0.2) is 9.97 Å². The molecule has 0 aromatic carbocycles. The number of halogens is 2. The molecule has 0 fully saturated rings. The Morgan fingerprint density at radius 1 is 1.37 bits per heavy atom. The molecule has 0 saturated carbocycles. The Kier molecular flexibility index (Phi) is 5.85. The molecule has 4 nitrogen and oxygen atoms in total. The van der Waals surface area contributed by atoms with E-state index in [0.29, 0.717) is 16.1 Å². The van der Waals surface area contributed by atoms with Gasteiger partial charge in [-0.3, -0.25) is 4.98 Å². The molecule has 7 heteroatoms. The van der Waals surface area contributed by atoms with Gasteiger partial charge >= 0.3 is 0 Å². The summed E-state index contributed by atoms with van der Waals surface area (Å²) in [6.07, 6.45) is 1.78. The van der Waals surface area contributed by atoms with Gasteiger partial charge in [0.25, 0.3) is 0 Å². The van der Waals surface area contributed by atoms with Gasteiger partial charge in [0, 0.05) is 12.3 Å². The van der Waals surface area contributed by atoms with E-state index in [4.69, 9.17) is 17.3 Å². The molecule has 2 heterocycles. The number of nitrogens with two attached hydrogens (primary N) is 1. The van der Waals surface area contributed by atoms with Crippen molar-refractivity contribution < 1.29 is 0 Å². The molecule has 0 amide bonds. The highest BCUT2D eigenvalue weighted by Crippen LogP contribution is 2.33. The molecule has 102 valence electrons. The molecular weight excluding hydrogens is 303 g/mol. The lowest BCUT2D eigenvalue weighted by Crippen LogP contribution is -1.99. The molecule has 0 aliphatic rings. The lowest BCUT2D eigenvalue weighted by Gasteiger charge is -2.12. The van der Waals surface area contributed by atoms with Crippen LogP contribution in [-0.4, -0.2) is 15.0 Å². The van der Waals surface area contributed by atoms with E-state index in [-0.39, 0.29) is 17.7 Å². The van der Waals surface area contributed by atoms with Gasteiger partial charge in [-0.15, -0.1) is 12.4 Å². The first-order chi connectivity index (χ1) is 8.56. The molecule has 0 saturated heterocycles. The van der Waals surface area contributed by atoms with Crippen LogP contribution in [0.15, 0.2) is 29.6 Å². The van der Waals surface area contributed by atoms with Crippen molar-refractivity contribution in [3.8, 4) is 0 Å². The Hall–Kier alpha value is -1.04. The second kappa shape index (κ2) is 6.93. The summed E-state index contributed by atoms with van der Waals surface area (Å²) in [5, 5.41) is 1.07. The summed E-state index contributed by atoms with van der Waals surface area (Å²) in [5.74, 6) is 0.377. The van der Waals surface area contributed by atoms with Crippen LogP contribution in [0, 0.1) is 6.92 Å². The maximum absolute atomic E-state index is 5.85. The first-order valence-corrected chi connectivity index (χ1v) is 6.70. The van der Waals surface area contributed by atoms with E-state index >= 15 is 0 Å². The molecule has 0 aliphatic carbocycles. The molecule has 2 aromatic heterocycles. The van der Waals surface area contributed by atoms with E-state index in [9.17, 15) is 0 Å². The predicted octanol–water partition coefficient (Wildman–Crippen LogP) is 3.69. The number of aryl methyl sites for hydroxylation is 1. The number of hydrogen-bond donors (Lipinski definition) is 1. The van der Waals surface area contributed by atoms with E-state index in [1.807, 2.05) is 19.1 Å². The Labute approximate surface area is 127 Å². The molecule has 19 heavy (non-hydrogen) atoms. The van der Waals surface area contributed by atoms with E-state index in [1.54, 1.807) is 6.20 Å². The summed E-state index contributed by atoms with van der Waals surface area (Å²) in [6, 6.07) is 5.49. The summed E-state index contributed by atoms with van der Waals surface area (Å²) in [7, 11) is 0. The SMILES string of the molecule is Cc1cccnc1C(C)Sc1nc(N)cc(Cl)n1.Cl. The van der Waals surface area contributed by atoms with Crippen LogP contribution in [0.3, 0.4) is 0 Å². The van der Waals surface area contributed by atoms with Crippen molar-refractivity contribution in [2.45, 2.75) is 24.3 Å². The van der Waals surface area contributed by atoms with Gasteiger partial charge in [-0.2, -0.15) is 0 Å². The van der Waals surface area contributed by atoms with Crippen LogP contribution in [0.1, 0.15) is 23.4 Å². The van der Waals surface area contributed by atoms with Crippen LogP contribution < -0.4 is 5.73 Å². The molecule has 0 spiro atoms. The van der Waals surface area contributed by atoms with Crippen molar-refractivity contribution >= 4 is 41.6 Å². The molecular formula is C12H14Cl2N4S. The lowest BCUT2D eigenvalue weighted by atomic mass is 10.2. The number of anilines is 1. The first kappa shape index (κ1) is 16.0. The summed E-state index contributed by atoms with van der Waals surface area (Å²) >= 11 is 7.34. The first-order valence-electron chi connectivity index (χ1n) is 5.44. The zero-order valence-electron chi connectivity index (χ0n) is 10.5. The van der Waals surface area contributed by atoms with Crippen LogP contribution in [-0.2, 0) is 0 Å². The van der Waals surface area contributed by atoms with Gasteiger partial charge in [0.05, 0.1) is 10.9 Å². The second-order valence-electron chi connectivity index (χ2n) is 3.86. The highest BCUT2D eigenvalue weighted by molar-refractivity contribution is 7.99. The maximum Gasteiger partial charge on any atom is 0.191 e. The smallest absolute Gasteiger partial charge is 0.191 e. The molecule has 0 aliphatic heterocycles. The standard InChI is InChI=1S/C12H13ClN4S.ClH/c1-7-4-3-5-15-11(7)8(2)18-12-16-9(13)6-10(14)17-12;/h3-6,8H,1-2H3,(H2,14,16,17);1H. The van der Waals surface area contributed by atoms with E-state index in [2.05, 4.69) is 21.9 Å². The molecule has 2 rings (SSSR count). The highest BCUT2D eigenvalue weighted by Gasteiger charge is 2.13. The fourth-order valence-electron chi connectivity index (χ4n) is 1.60. The summed E-state index contributed by atoms with van der Waals surface area (Å²) in [4.78, 5) is 12.7. The third-order valence-electron chi connectivity index (χ3n) is 2.41. The van der Waals surface area contributed by atoms with E-state index < -0.39 is 0 Å².